The van der Waals surface area contributed by atoms with Crippen molar-refractivity contribution in [2.75, 3.05) is 20.1 Å². The maximum atomic E-state index is 9.82. The van der Waals surface area contributed by atoms with Crippen LogP contribution in [0.25, 0.3) is 0 Å². The molecule has 0 aliphatic rings. The monoisotopic (exact) mass is 155 g/mol. The van der Waals surface area contributed by atoms with Crippen LogP contribution in [0.4, 0.5) is 0 Å². The first-order chi connectivity index (χ1) is 3.66. The summed E-state index contributed by atoms with van der Waals surface area (Å²) in [7, 11) is 1.73. The summed E-state index contributed by atoms with van der Waals surface area (Å²) in [5, 5.41) is 9.82. The van der Waals surface area contributed by atoms with Crippen LogP contribution in [0.5, 0.6) is 0 Å². The van der Waals surface area contributed by atoms with E-state index >= 15 is 0 Å². The van der Waals surface area contributed by atoms with Gasteiger partial charge in [0.05, 0.1) is 5.97 Å². The van der Waals surface area contributed by atoms with Crippen LogP contribution < -0.4 is 56.5 Å². The zero-order chi connectivity index (χ0) is 6.57. The summed E-state index contributed by atoms with van der Waals surface area (Å²) in [6, 6.07) is 0. The molecule has 0 unspecified atom stereocenters. The van der Waals surface area contributed by atoms with Gasteiger partial charge >= 0.3 is 51.4 Å². The Bertz CT molecular complexity index is 87.0. The predicted molar refractivity (Wildman–Crippen MR) is 28.2 cm³/mol. The van der Waals surface area contributed by atoms with Gasteiger partial charge in [0.2, 0.25) is 0 Å². The smallest absolute Gasteiger partial charge is 0.549 e. The first-order valence-corrected chi connectivity index (χ1v) is 2.55. The van der Waals surface area contributed by atoms with E-state index in [2.05, 4.69) is 0 Å². The zero-order valence-corrected chi connectivity index (χ0v) is 9.30. The van der Waals surface area contributed by atoms with E-state index in [1.54, 1.807) is 11.9 Å². The van der Waals surface area contributed by atoms with Gasteiger partial charge in [0.1, 0.15) is 0 Å². The van der Waals surface area contributed by atoms with Crippen molar-refractivity contribution >= 4 is 5.97 Å². The van der Waals surface area contributed by atoms with Gasteiger partial charge in [-0.2, -0.15) is 0 Å². The molecular weight excluding hydrogens is 145 g/mol. The number of likely N-dealkylation sites (N-methyl/N-ethyl adjacent to an activating group) is 1. The molecule has 0 saturated carbocycles. The van der Waals surface area contributed by atoms with E-state index in [-0.39, 0.29) is 57.9 Å². The summed E-state index contributed by atoms with van der Waals surface area (Å²) < 4.78 is 0. The number of hydrogen-bond acceptors (Lipinski definition) is 3. The molecule has 0 aromatic rings. The summed E-state index contributed by atoms with van der Waals surface area (Å²) >= 11 is 0. The summed E-state index contributed by atoms with van der Waals surface area (Å²) in [5.74, 6) is -1.02. The van der Waals surface area contributed by atoms with Crippen molar-refractivity contribution < 1.29 is 61.3 Å². The molecule has 0 radical (unpaired) electrons. The Morgan fingerprint density at radius 2 is 2.11 bits per heavy atom. The normalized spacial score (nSPS) is 8.78. The predicted octanol–water partition coefficient (Wildman–Crippen LogP) is -4.31. The van der Waals surface area contributed by atoms with E-state index in [9.17, 15) is 9.90 Å². The fourth-order valence-corrected chi connectivity index (χ4v) is 0.332. The van der Waals surface area contributed by atoms with Crippen LogP contribution in [0.1, 0.15) is 6.92 Å². The third-order valence-corrected chi connectivity index (χ3v) is 0.939. The molecule has 4 heteroatoms. The van der Waals surface area contributed by atoms with Gasteiger partial charge in [-0.05, 0) is 13.6 Å². The third-order valence-electron chi connectivity index (χ3n) is 0.939. The van der Waals surface area contributed by atoms with Gasteiger partial charge < -0.3 is 14.8 Å². The van der Waals surface area contributed by atoms with Crippen molar-refractivity contribution in [1.82, 2.24) is 4.90 Å². The quantitative estimate of drug-likeness (QED) is 0.387. The second-order valence-corrected chi connectivity index (χ2v) is 1.70. The molecule has 0 atom stereocenters. The Kier molecular flexibility index (Phi) is 10.1. The average molecular weight is 155 g/mol. The summed E-state index contributed by atoms with van der Waals surface area (Å²) in [5.41, 5.74) is 0. The van der Waals surface area contributed by atoms with E-state index in [1.807, 2.05) is 6.92 Å². The molecule has 0 amide bonds. The van der Waals surface area contributed by atoms with E-state index in [4.69, 9.17) is 0 Å². The molecule has 0 rings (SSSR count). The molecule has 0 N–H and O–H groups in total. The SMILES string of the molecule is CCN(C)CC(=O)[O-].[K+]. The Labute approximate surface area is 97.8 Å². The number of carbonyl (C=O) groups excluding carboxylic acids is 1. The number of nitrogens with zero attached hydrogens (tertiary/aromatic N) is 1. The number of aliphatic carboxylic acids is 1. The summed E-state index contributed by atoms with van der Waals surface area (Å²) in [6.45, 7) is 2.66. The van der Waals surface area contributed by atoms with Gasteiger partial charge in [0.25, 0.3) is 0 Å². The van der Waals surface area contributed by atoms with Gasteiger partial charge in [-0.3, -0.25) is 0 Å². The zero-order valence-electron chi connectivity index (χ0n) is 6.18. The molecule has 48 valence electrons. The topological polar surface area (TPSA) is 43.4 Å². The Morgan fingerprint density at radius 1 is 1.67 bits per heavy atom. The van der Waals surface area contributed by atoms with Crippen molar-refractivity contribution in [2.24, 2.45) is 0 Å². The van der Waals surface area contributed by atoms with E-state index < -0.39 is 5.97 Å². The molecule has 0 aromatic heterocycles. The fourth-order valence-electron chi connectivity index (χ4n) is 0.332. The molecule has 3 nitrogen and oxygen atoms in total. The minimum atomic E-state index is -1.02. The third kappa shape index (κ3) is 9.07. The minimum absolute atomic E-state index is 0. The molecular formula is C5H10KNO2. The average Bonchev–Trinajstić information content (AvgIpc) is 1.65. The number of rotatable bonds is 3. The van der Waals surface area contributed by atoms with Crippen LogP contribution in [0, 0.1) is 0 Å². The molecule has 0 aromatic carbocycles. The summed E-state index contributed by atoms with van der Waals surface area (Å²) in [4.78, 5) is 11.5. The van der Waals surface area contributed by atoms with Gasteiger partial charge in [0, 0.05) is 6.54 Å². The second-order valence-electron chi connectivity index (χ2n) is 1.70. The molecule has 9 heavy (non-hydrogen) atoms. The van der Waals surface area contributed by atoms with Crippen LogP contribution in [0.15, 0.2) is 0 Å². The second kappa shape index (κ2) is 7.18. The number of carbonyl (C=O) groups is 1. The van der Waals surface area contributed by atoms with Gasteiger partial charge in [0.15, 0.2) is 0 Å². The van der Waals surface area contributed by atoms with Crippen LogP contribution >= 0.6 is 0 Å². The summed E-state index contributed by atoms with van der Waals surface area (Å²) in [6.07, 6.45) is 0. The first kappa shape index (κ1) is 12.7. The number of carboxylic acids is 1. The Hall–Kier alpha value is 1.07. The van der Waals surface area contributed by atoms with Gasteiger partial charge in [-0.15, -0.1) is 0 Å². The Balaban J connectivity index is 0. The van der Waals surface area contributed by atoms with Crippen LogP contribution in [0.2, 0.25) is 0 Å². The molecule has 0 bridgehead atoms. The molecule has 0 aliphatic carbocycles. The standard InChI is InChI=1S/C5H11NO2.K/c1-3-6(2)4-5(7)8;/h3-4H2,1-2H3,(H,7,8);/q;+1/p-1. The van der Waals surface area contributed by atoms with Crippen molar-refractivity contribution in [3.05, 3.63) is 0 Å². The molecule has 0 saturated heterocycles. The van der Waals surface area contributed by atoms with Crippen LogP contribution in [-0.2, 0) is 4.79 Å². The van der Waals surface area contributed by atoms with Gasteiger partial charge in [-0.1, -0.05) is 6.92 Å². The van der Waals surface area contributed by atoms with Gasteiger partial charge in [-0.25, -0.2) is 0 Å². The van der Waals surface area contributed by atoms with E-state index in [1.165, 1.54) is 0 Å². The fraction of sp³-hybridized carbons (Fsp3) is 0.800. The van der Waals surface area contributed by atoms with E-state index in [0.717, 1.165) is 6.54 Å². The van der Waals surface area contributed by atoms with E-state index in [0.29, 0.717) is 0 Å². The number of hydrogen-bond donors (Lipinski definition) is 0. The largest absolute Gasteiger partial charge is 1.00 e. The van der Waals surface area contributed by atoms with Crippen molar-refractivity contribution in [3.8, 4) is 0 Å². The molecule has 0 fully saturated rings. The molecule has 0 aliphatic heterocycles. The van der Waals surface area contributed by atoms with Crippen molar-refractivity contribution in [3.63, 3.8) is 0 Å². The van der Waals surface area contributed by atoms with Crippen LogP contribution in [-0.4, -0.2) is 31.0 Å². The maximum Gasteiger partial charge on any atom is 1.00 e. The van der Waals surface area contributed by atoms with Crippen molar-refractivity contribution in [2.45, 2.75) is 6.92 Å². The van der Waals surface area contributed by atoms with Crippen LogP contribution in [0.3, 0.4) is 0 Å². The molecule has 0 heterocycles. The first-order valence-electron chi connectivity index (χ1n) is 2.55. The minimum Gasteiger partial charge on any atom is -0.549 e. The molecule has 0 spiro atoms. The number of carboxylic acid groups (broad SMARTS) is 1. The van der Waals surface area contributed by atoms with Crippen molar-refractivity contribution in [1.29, 1.82) is 0 Å². The maximum absolute atomic E-state index is 9.82. The Morgan fingerprint density at radius 3 is 2.22 bits per heavy atom.